The van der Waals surface area contributed by atoms with Crippen molar-refractivity contribution in [2.24, 2.45) is 17.3 Å². The predicted molar refractivity (Wildman–Crippen MR) is 55.1 cm³/mol. The van der Waals surface area contributed by atoms with Crippen molar-refractivity contribution in [1.82, 2.24) is 0 Å². The molecule has 1 aliphatic heterocycles. The van der Waals surface area contributed by atoms with Crippen LogP contribution in [0.25, 0.3) is 0 Å². The molecule has 80 valence electrons. The van der Waals surface area contributed by atoms with Gasteiger partial charge in [-0.15, -0.1) is 0 Å². The average molecular weight is 196 g/mol. The van der Waals surface area contributed by atoms with Crippen LogP contribution in [0.4, 0.5) is 0 Å². The maximum Gasteiger partial charge on any atom is 0.141 e. The van der Waals surface area contributed by atoms with E-state index in [2.05, 4.69) is 13.8 Å². The van der Waals surface area contributed by atoms with Crippen molar-refractivity contribution < 1.29 is 9.53 Å². The van der Waals surface area contributed by atoms with Crippen LogP contribution in [0, 0.1) is 17.3 Å². The molecule has 0 amide bonds. The summed E-state index contributed by atoms with van der Waals surface area (Å²) in [5.41, 5.74) is 0.236. The van der Waals surface area contributed by atoms with Crippen LogP contribution in [0.5, 0.6) is 0 Å². The second kappa shape index (κ2) is 3.65. The van der Waals surface area contributed by atoms with E-state index in [1.54, 1.807) is 0 Å². The van der Waals surface area contributed by atoms with Gasteiger partial charge in [-0.1, -0.05) is 20.3 Å². The van der Waals surface area contributed by atoms with Gasteiger partial charge in [-0.2, -0.15) is 0 Å². The van der Waals surface area contributed by atoms with Crippen molar-refractivity contribution in [2.45, 2.75) is 39.5 Å². The first-order valence-electron chi connectivity index (χ1n) is 5.73. The summed E-state index contributed by atoms with van der Waals surface area (Å²) < 4.78 is 5.29. The number of ether oxygens (including phenoxy) is 1. The monoisotopic (exact) mass is 196 g/mol. The quantitative estimate of drug-likeness (QED) is 0.678. The highest BCUT2D eigenvalue weighted by Gasteiger charge is 2.42. The Morgan fingerprint density at radius 2 is 2.14 bits per heavy atom. The molecule has 2 rings (SSSR count). The molecule has 2 fully saturated rings. The summed E-state index contributed by atoms with van der Waals surface area (Å²) >= 11 is 0. The molecule has 1 saturated heterocycles. The van der Waals surface area contributed by atoms with Gasteiger partial charge in [0.05, 0.1) is 6.61 Å². The van der Waals surface area contributed by atoms with Crippen molar-refractivity contribution in [3.63, 3.8) is 0 Å². The topological polar surface area (TPSA) is 26.3 Å². The lowest BCUT2D eigenvalue weighted by Gasteiger charge is -2.27. The van der Waals surface area contributed by atoms with Gasteiger partial charge in [-0.3, -0.25) is 4.79 Å². The molecule has 14 heavy (non-hydrogen) atoms. The largest absolute Gasteiger partial charge is 0.381 e. The molecule has 0 aromatic rings. The van der Waals surface area contributed by atoms with Crippen LogP contribution in [0.2, 0.25) is 0 Å². The number of carbonyl (C=O) groups is 1. The van der Waals surface area contributed by atoms with Crippen LogP contribution in [0.3, 0.4) is 0 Å². The second-order valence-corrected chi connectivity index (χ2v) is 5.40. The first-order chi connectivity index (χ1) is 6.61. The number of hydrogen-bond donors (Lipinski definition) is 0. The lowest BCUT2D eigenvalue weighted by atomic mass is 9.76. The summed E-state index contributed by atoms with van der Waals surface area (Å²) in [4.78, 5) is 12.2. The Morgan fingerprint density at radius 1 is 1.36 bits per heavy atom. The molecule has 2 aliphatic rings. The van der Waals surface area contributed by atoms with Gasteiger partial charge >= 0.3 is 0 Å². The maximum absolute atomic E-state index is 12.2. The van der Waals surface area contributed by atoms with Gasteiger partial charge in [0.1, 0.15) is 5.78 Å². The van der Waals surface area contributed by atoms with Crippen molar-refractivity contribution in [2.75, 3.05) is 13.2 Å². The number of ketones is 1. The molecule has 0 aromatic heterocycles. The van der Waals surface area contributed by atoms with Crippen LogP contribution < -0.4 is 0 Å². The highest BCUT2D eigenvalue weighted by Crippen LogP contribution is 2.44. The summed E-state index contributed by atoms with van der Waals surface area (Å²) in [6.45, 7) is 5.92. The van der Waals surface area contributed by atoms with Crippen LogP contribution in [0.15, 0.2) is 0 Å². The normalized spacial score (nSPS) is 36.1. The molecule has 2 unspecified atom stereocenters. The molecule has 1 aliphatic carbocycles. The predicted octanol–water partition coefficient (Wildman–Crippen LogP) is 2.42. The fourth-order valence-corrected chi connectivity index (χ4v) is 2.90. The molecule has 0 spiro atoms. The van der Waals surface area contributed by atoms with E-state index >= 15 is 0 Å². The highest BCUT2D eigenvalue weighted by atomic mass is 16.5. The molecule has 1 saturated carbocycles. The summed E-state index contributed by atoms with van der Waals surface area (Å²) in [6.07, 6.45) is 4.47. The fourth-order valence-electron chi connectivity index (χ4n) is 2.90. The van der Waals surface area contributed by atoms with Crippen LogP contribution in [-0.4, -0.2) is 19.0 Å². The Balaban J connectivity index is 2.03. The molecule has 0 aromatic carbocycles. The summed E-state index contributed by atoms with van der Waals surface area (Å²) in [7, 11) is 0. The molecule has 2 nitrogen and oxygen atoms in total. The third-order valence-corrected chi connectivity index (χ3v) is 3.93. The van der Waals surface area contributed by atoms with Crippen molar-refractivity contribution in [3.05, 3.63) is 0 Å². The molecule has 2 heteroatoms. The van der Waals surface area contributed by atoms with E-state index < -0.39 is 0 Å². The van der Waals surface area contributed by atoms with Crippen molar-refractivity contribution in [1.29, 1.82) is 0 Å². The van der Waals surface area contributed by atoms with E-state index in [0.717, 1.165) is 19.4 Å². The van der Waals surface area contributed by atoms with Gasteiger partial charge < -0.3 is 4.74 Å². The Bertz CT molecular complexity index is 226. The van der Waals surface area contributed by atoms with Crippen LogP contribution in [0.1, 0.15) is 39.5 Å². The summed E-state index contributed by atoms with van der Waals surface area (Å²) in [6, 6.07) is 0. The number of rotatable bonds is 2. The molecule has 0 N–H and O–H groups in total. The highest BCUT2D eigenvalue weighted by molar-refractivity contribution is 5.84. The fraction of sp³-hybridized carbons (Fsp3) is 0.917. The van der Waals surface area contributed by atoms with Crippen molar-refractivity contribution >= 4 is 5.78 Å². The standard InChI is InChI=1S/C12H20O2/c1-12(2)6-3-4-10(12)11(13)9-5-7-14-8-9/h9-10H,3-8H2,1-2H3. The third kappa shape index (κ3) is 1.72. The Hall–Kier alpha value is -0.370. The van der Waals surface area contributed by atoms with E-state index in [1.807, 2.05) is 0 Å². The Labute approximate surface area is 86.0 Å². The molecular weight excluding hydrogens is 176 g/mol. The third-order valence-electron chi connectivity index (χ3n) is 3.93. The number of Topliss-reactive ketones (excluding diaryl/α,β-unsaturated/α-hetero) is 1. The zero-order valence-electron chi connectivity index (χ0n) is 9.21. The first-order valence-corrected chi connectivity index (χ1v) is 5.73. The minimum atomic E-state index is 0.206. The molecule has 2 atom stereocenters. The van der Waals surface area contributed by atoms with Gasteiger partial charge in [-0.25, -0.2) is 0 Å². The van der Waals surface area contributed by atoms with Gasteiger partial charge in [0.25, 0.3) is 0 Å². The number of hydrogen-bond acceptors (Lipinski definition) is 2. The van der Waals surface area contributed by atoms with E-state index in [1.165, 1.54) is 12.8 Å². The van der Waals surface area contributed by atoms with Gasteiger partial charge in [-0.05, 0) is 24.7 Å². The smallest absolute Gasteiger partial charge is 0.141 e. The van der Waals surface area contributed by atoms with Gasteiger partial charge in [0, 0.05) is 18.4 Å². The molecule has 1 heterocycles. The molecular formula is C12H20O2. The zero-order valence-corrected chi connectivity index (χ0v) is 9.21. The Morgan fingerprint density at radius 3 is 2.64 bits per heavy atom. The maximum atomic E-state index is 12.2. The molecule has 0 bridgehead atoms. The van der Waals surface area contributed by atoms with E-state index in [-0.39, 0.29) is 11.3 Å². The first kappa shape index (κ1) is 10.2. The Kier molecular flexibility index (Phi) is 2.65. The summed E-state index contributed by atoms with van der Waals surface area (Å²) in [5, 5.41) is 0. The van der Waals surface area contributed by atoms with Crippen molar-refractivity contribution in [3.8, 4) is 0 Å². The minimum absolute atomic E-state index is 0.206. The average Bonchev–Trinajstić information content (AvgIpc) is 2.71. The molecule has 0 radical (unpaired) electrons. The van der Waals surface area contributed by atoms with Crippen LogP contribution >= 0.6 is 0 Å². The SMILES string of the molecule is CC1(C)CCCC1C(=O)C1CCOC1. The van der Waals surface area contributed by atoms with Crippen LogP contribution in [-0.2, 0) is 9.53 Å². The van der Waals surface area contributed by atoms with E-state index in [4.69, 9.17) is 4.74 Å². The minimum Gasteiger partial charge on any atom is -0.381 e. The van der Waals surface area contributed by atoms with E-state index in [0.29, 0.717) is 18.3 Å². The second-order valence-electron chi connectivity index (χ2n) is 5.40. The van der Waals surface area contributed by atoms with Gasteiger partial charge in [0.15, 0.2) is 0 Å². The zero-order chi connectivity index (χ0) is 10.2. The van der Waals surface area contributed by atoms with Gasteiger partial charge in [0.2, 0.25) is 0 Å². The van der Waals surface area contributed by atoms with E-state index in [9.17, 15) is 4.79 Å². The lowest BCUT2D eigenvalue weighted by Crippen LogP contribution is -2.31. The lowest BCUT2D eigenvalue weighted by molar-refractivity contribution is -0.129. The number of carbonyl (C=O) groups excluding carboxylic acids is 1. The summed E-state index contributed by atoms with van der Waals surface area (Å²) in [5.74, 6) is 0.983.